The number of carbonyl (C=O) groups excluding carboxylic acids is 1. The average molecular weight is 456 g/mol. The summed E-state index contributed by atoms with van der Waals surface area (Å²) in [5.41, 5.74) is 3.60. The topological polar surface area (TPSA) is 81.5 Å². The van der Waals surface area contributed by atoms with Gasteiger partial charge >= 0.3 is 0 Å². The van der Waals surface area contributed by atoms with Crippen molar-refractivity contribution in [3.05, 3.63) is 84.2 Å². The molecule has 1 aromatic heterocycles. The van der Waals surface area contributed by atoms with Gasteiger partial charge in [-0.2, -0.15) is 5.26 Å². The van der Waals surface area contributed by atoms with Gasteiger partial charge in [0.2, 0.25) is 0 Å². The standard InChI is InChI=1S/C27H29N5O2/c1-21(34-24-6-4-5-23(19-24)20-28)27(33)30-25-7-2-3-8-26(25)32-17-15-31(16-18-32)14-11-22-9-12-29-13-10-22/h2-10,12-13,19,21H,11,14-18H2,1H3,(H,30,33). The third kappa shape index (κ3) is 6.12. The summed E-state index contributed by atoms with van der Waals surface area (Å²) in [5.74, 6) is 0.267. The van der Waals surface area contributed by atoms with Crippen molar-refractivity contribution in [1.82, 2.24) is 9.88 Å². The van der Waals surface area contributed by atoms with Crippen molar-refractivity contribution in [3.8, 4) is 11.8 Å². The molecule has 1 unspecified atom stereocenters. The molecule has 34 heavy (non-hydrogen) atoms. The molecule has 7 heteroatoms. The van der Waals surface area contributed by atoms with E-state index in [1.54, 1.807) is 31.2 Å². The maximum Gasteiger partial charge on any atom is 0.265 e. The van der Waals surface area contributed by atoms with E-state index in [9.17, 15) is 4.79 Å². The summed E-state index contributed by atoms with van der Waals surface area (Å²) in [6.07, 6.45) is 4.00. The predicted molar refractivity (Wildman–Crippen MR) is 133 cm³/mol. The fourth-order valence-electron chi connectivity index (χ4n) is 4.04. The molecule has 0 saturated carbocycles. The Morgan fingerprint density at radius 3 is 2.62 bits per heavy atom. The number of aromatic nitrogens is 1. The minimum atomic E-state index is -0.702. The van der Waals surface area contributed by atoms with E-state index in [0.29, 0.717) is 11.3 Å². The average Bonchev–Trinajstić information content (AvgIpc) is 2.89. The number of hydrogen-bond acceptors (Lipinski definition) is 6. The Kier molecular flexibility index (Phi) is 7.74. The van der Waals surface area contributed by atoms with Crippen molar-refractivity contribution in [3.63, 3.8) is 0 Å². The first kappa shape index (κ1) is 23.3. The Morgan fingerprint density at radius 1 is 1.09 bits per heavy atom. The maximum atomic E-state index is 12.8. The van der Waals surface area contributed by atoms with Crippen LogP contribution in [0.5, 0.6) is 5.75 Å². The highest BCUT2D eigenvalue weighted by Gasteiger charge is 2.21. The van der Waals surface area contributed by atoms with Crippen LogP contribution in [0.3, 0.4) is 0 Å². The van der Waals surface area contributed by atoms with Gasteiger partial charge < -0.3 is 15.0 Å². The molecule has 2 heterocycles. The van der Waals surface area contributed by atoms with E-state index < -0.39 is 6.10 Å². The highest BCUT2D eigenvalue weighted by Crippen LogP contribution is 2.27. The Bertz CT molecular complexity index is 1140. The van der Waals surface area contributed by atoms with Crippen molar-refractivity contribution >= 4 is 17.3 Å². The van der Waals surface area contributed by atoms with Gasteiger partial charge in [-0.25, -0.2) is 0 Å². The van der Waals surface area contributed by atoms with E-state index >= 15 is 0 Å². The lowest BCUT2D eigenvalue weighted by Crippen LogP contribution is -2.47. The van der Waals surface area contributed by atoms with Crippen LogP contribution in [0.25, 0.3) is 0 Å². The van der Waals surface area contributed by atoms with Gasteiger partial charge in [0.05, 0.1) is 23.0 Å². The summed E-state index contributed by atoms with van der Waals surface area (Å²) in [7, 11) is 0. The van der Waals surface area contributed by atoms with Gasteiger partial charge in [0.15, 0.2) is 6.10 Å². The monoisotopic (exact) mass is 455 g/mol. The highest BCUT2D eigenvalue weighted by molar-refractivity contribution is 5.97. The largest absolute Gasteiger partial charge is 0.481 e. The number of nitrogens with one attached hydrogen (secondary N) is 1. The summed E-state index contributed by atoms with van der Waals surface area (Å²) >= 11 is 0. The zero-order valence-electron chi connectivity index (χ0n) is 19.4. The second kappa shape index (κ2) is 11.3. The summed E-state index contributed by atoms with van der Waals surface area (Å²) in [5, 5.41) is 12.1. The van der Waals surface area contributed by atoms with Crippen LogP contribution in [-0.2, 0) is 11.2 Å². The van der Waals surface area contributed by atoms with E-state index in [-0.39, 0.29) is 5.91 Å². The van der Waals surface area contributed by atoms with E-state index in [4.69, 9.17) is 10.00 Å². The number of hydrogen-bond donors (Lipinski definition) is 1. The number of carbonyl (C=O) groups is 1. The van der Waals surface area contributed by atoms with Crippen LogP contribution in [0.4, 0.5) is 11.4 Å². The molecule has 4 rings (SSSR count). The van der Waals surface area contributed by atoms with E-state index in [0.717, 1.165) is 50.5 Å². The van der Waals surface area contributed by atoms with Crippen molar-refractivity contribution in [2.45, 2.75) is 19.4 Å². The van der Waals surface area contributed by atoms with Gasteiger partial charge in [-0.05, 0) is 61.4 Å². The van der Waals surface area contributed by atoms with Crippen molar-refractivity contribution in [2.24, 2.45) is 0 Å². The van der Waals surface area contributed by atoms with Gasteiger partial charge in [-0.1, -0.05) is 18.2 Å². The van der Waals surface area contributed by atoms with Crippen LogP contribution in [0.15, 0.2) is 73.1 Å². The normalized spacial score (nSPS) is 14.8. The van der Waals surface area contributed by atoms with Crippen molar-refractivity contribution in [1.29, 1.82) is 5.26 Å². The lowest BCUT2D eigenvalue weighted by atomic mass is 10.1. The molecule has 1 aliphatic rings. The molecule has 3 aromatic rings. The van der Waals surface area contributed by atoms with Crippen molar-refractivity contribution in [2.75, 3.05) is 42.9 Å². The molecule has 174 valence electrons. The molecule has 0 radical (unpaired) electrons. The molecule has 1 fully saturated rings. The molecule has 1 aliphatic heterocycles. The number of nitriles is 1. The summed E-state index contributed by atoms with van der Waals surface area (Å²) < 4.78 is 5.77. The minimum absolute atomic E-state index is 0.231. The Morgan fingerprint density at radius 2 is 1.85 bits per heavy atom. The SMILES string of the molecule is CC(Oc1cccc(C#N)c1)C(=O)Nc1ccccc1N1CCN(CCc2ccncc2)CC1. The fourth-order valence-corrected chi connectivity index (χ4v) is 4.04. The number of pyridine rings is 1. The number of para-hydroxylation sites is 2. The van der Waals surface area contributed by atoms with E-state index in [1.807, 2.05) is 36.7 Å². The van der Waals surface area contributed by atoms with Crippen molar-refractivity contribution < 1.29 is 9.53 Å². The third-order valence-electron chi connectivity index (χ3n) is 5.99. The van der Waals surface area contributed by atoms with Crippen LogP contribution >= 0.6 is 0 Å². The maximum absolute atomic E-state index is 12.8. The zero-order valence-corrected chi connectivity index (χ0v) is 19.4. The molecule has 0 bridgehead atoms. The van der Waals surface area contributed by atoms with Gasteiger partial charge in [-0.15, -0.1) is 0 Å². The number of amides is 1. The second-order valence-electron chi connectivity index (χ2n) is 8.34. The molecule has 7 nitrogen and oxygen atoms in total. The van der Waals surface area contributed by atoms with Crippen LogP contribution in [0, 0.1) is 11.3 Å². The number of rotatable bonds is 8. The Balaban J connectivity index is 1.32. The molecule has 1 atom stereocenters. The molecule has 1 saturated heterocycles. The number of benzene rings is 2. The number of anilines is 2. The molecule has 0 aliphatic carbocycles. The van der Waals surface area contributed by atoms with Crippen LogP contribution in [0.1, 0.15) is 18.1 Å². The van der Waals surface area contributed by atoms with Gasteiger partial charge in [0.25, 0.3) is 5.91 Å². The quantitative estimate of drug-likeness (QED) is 0.558. The minimum Gasteiger partial charge on any atom is -0.481 e. The number of ether oxygens (including phenoxy) is 1. The molecule has 0 spiro atoms. The third-order valence-corrected chi connectivity index (χ3v) is 5.99. The lowest BCUT2D eigenvalue weighted by molar-refractivity contribution is -0.122. The number of nitrogens with zero attached hydrogens (tertiary/aromatic N) is 4. The highest BCUT2D eigenvalue weighted by atomic mass is 16.5. The summed E-state index contributed by atoms with van der Waals surface area (Å²) in [6, 6.07) is 20.9. The smallest absolute Gasteiger partial charge is 0.265 e. The van der Waals surface area contributed by atoms with Crippen LogP contribution < -0.4 is 15.0 Å². The Labute approximate surface area is 200 Å². The first-order valence-electron chi connectivity index (χ1n) is 11.6. The molecule has 2 aromatic carbocycles. The summed E-state index contributed by atoms with van der Waals surface area (Å²) in [6.45, 7) is 6.48. The van der Waals surface area contributed by atoms with E-state index in [1.165, 1.54) is 5.56 Å². The van der Waals surface area contributed by atoms with E-state index in [2.05, 4.69) is 38.3 Å². The molecular formula is C27H29N5O2. The number of piperazine rings is 1. The fraction of sp³-hybridized carbons (Fsp3) is 0.296. The zero-order chi connectivity index (χ0) is 23.8. The van der Waals surface area contributed by atoms with Crippen LogP contribution in [-0.4, -0.2) is 54.6 Å². The molecular weight excluding hydrogens is 426 g/mol. The molecule has 1 N–H and O–H groups in total. The summed E-state index contributed by atoms with van der Waals surface area (Å²) in [4.78, 5) is 21.7. The van der Waals surface area contributed by atoms with Gasteiger partial charge in [-0.3, -0.25) is 14.7 Å². The lowest BCUT2D eigenvalue weighted by Gasteiger charge is -2.37. The second-order valence-corrected chi connectivity index (χ2v) is 8.34. The predicted octanol–water partition coefficient (Wildman–Crippen LogP) is 3.72. The van der Waals surface area contributed by atoms with Gasteiger partial charge in [0, 0.05) is 45.1 Å². The molecule has 1 amide bonds. The Hall–Kier alpha value is -3.89. The first-order chi connectivity index (χ1) is 16.6. The van der Waals surface area contributed by atoms with Gasteiger partial charge in [0.1, 0.15) is 5.75 Å². The first-order valence-corrected chi connectivity index (χ1v) is 11.6. The van der Waals surface area contributed by atoms with Crippen LogP contribution in [0.2, 0.25) is 0 Å².